The van der Waals surface area contributed by atoms with Crippen molar-refractivity contribution in [2.75, 3.05) is 4.90 Å². The van der Waals surface area contributed by atoms with E-state index in [1.807, 2.05) is 0 Å². The van der Waals surface area contributed by atoms with Gasteiger partial charge in [0.1, 0.15) is 0 Å². The number of aromatic carboxylic acids is 1. The molecule has 1 aliphatic heterocycles. The number of amides is 2. The van der Waals surface area contributed by atoms with E-state index in [0.717, 1.165) is 6.42 Å². The van der Waals surface area contributed by atoms with Crippen molar-refractivity contribution in [2.45, 2.75) is 6.42 Å². The molecule has 1 saturated heterocycles. The smallest absolute Gasteiger partial charge is 0.335 e. The van der Waals surface area contributed by atoms with Crippen LogP contribution in [0.2, 0.25) is 0 Å². The maximum atomic E-state index is 12.9. The summed E-state index contributed by atoms with van der Waals surface area (Å²) in [5.74, 6) is -0.132. The van der Waals surface area contributed by atoms with Crippen LogP contribution in [0.3, 0.4) is 0 Å². The van der Waals surface area contributed by atoms with Gasteiger partial charge in [-0.05, 0) is 54.4 Å². The maximum Gasteiger partial charge on any atom is 0.335 e. The van der Waals surface area contributed by atoms with Crippen LogP contribution < -0.4 is 4.90 Å². The highest BCUT2D eigenvalue weighted by Crippen LogP contribution is 2.65. The topological polar surface area (TPSA) is 74.7 Å². The average Bonchev–Trinajstić information content (AvgIpc) is 3.32. The molecule has 4 aliphatic carbocycles. The lowest BCUT2D eigenvalue weighted by Gasteiger charge is -2.37. The van der Waals surface area contributed by atoms with E-state index in [1.54, 1.807) is 12.1 Å². The Bertz CT molecular complexity index is 745. The van der Waals surface area contributed by atoms with Crippen molar-refractivity contribution in [1.82, 2.24) is 0 Å². The molecule has 3 fully saturated rings. The van der Waals surface area contributed by atoms with Gasteiger partial charge in [0.25, 0.3) is 0 Å². The quantitative estimate of drug-likeness (QED) is 0.669. The van der Waals surface area contributed by atoms with Gasteiger partial charge in [-0.1, -0.05) is 12.2 Å². The van der Waals surface area contributed by atoms with Gasteiger partial charge in [-0.3, -0.25) is 14.5 Å². The minimum Gasteiger partial charge on any atom is -0.478 e. The molecule has 1 N–H and O–H groups in total. The minimum absolute atomic E-state index is 0.118. The van der Waals surface area contributed by atoms with Gasteiger partial charge in [0.2, 0.25) is 11.8 Å². The molecule has 2 amide bonds. The summed E-state index contributed by atoms with van der Waals surface area (Å²) >= 11 is 0. The van der Waals surface area contributed by atoms with Crippen molar-refractivity contribution >= 4 is 23.5 Å². The van der Waals surface area contributed by atoms with Crippen molar-refractivity contribution < 1.29 is 19.5 Å². The molecule has 23 heavy (non-hydrogen) atoms. The lowest BCUT2D eigenvalue weighted by molar-refractivity contribution is -0.124. The average molecular weight is 309 g/mol. The summed E-state index contributed by atoms with van der Waals surface area (Å²) in [5.41, 5.74) is 0.626. The second kappa shape index (κ2) is 4.10. The Hall–Kier alpha value is -2.43. The number of allylic oxidation sites excluding steroid dienone is 2. The van der Waals surface area contributed by atoms with E-state index < -0.39 is 5.97 Å². The molecule has 0 radical (unpaired) electrons. The summed E-state index contributed by atoms with van der Waals surface area (Å²) in [6.07, 6.45) is 5.42. The number of carbonyl (C=O) groups is 3. The van der Waals surface area contributed by atoms with Crippen LogP contribution in [0.4, 0.5) is 5.69 Å². The summed E-state index contributed by atoms with van der Waals surface area (Å²) in [6.45, 7) is 0. The highest BCUT2D eigenvalue weighted by molar-refractivity contribution is 6.22. The molecule has 6 atom stereocenters. The van der Waals surface area contributed by atoms with Crippen LogP contribution in [0.15, 0.2) is 36.4 Å². The van der Waals surface area contributed by atoms with Crippen LogP contribution in [0.1, 0.15) is 16.8 Å². The Morgan fingerprint density at radius 3 is 1.96 bits per heavy atom. The summed E-state index contributed by atoms with van der Waals surface area (Å²) in [4.78, 5) is 38.0. The van der Waals surface area contributed by atoms with Crippen LogP contribution in [-0.2, 0) is 9.59 Å². The zero-order chi connectivity index (χ0) is 15.9. The van der Waals surface area contributed by atoms with E-state index >= 15 is 0 Å². The Balaban J connectivity index is 1.53. The predicted molar refractivity (Wildman–Crippen MR) is 80.6 cm³/mol. The van der Waals surface area contributed by atoms with Crippen LogP contribution in [0, 0.1) is 35.5 Å². The molecule has 6 rings (SSSR count). The van der Waals surface area contributed by atoms with Gasteiger partial charge in [-0.15, -0.1) is 0 Å². The number of carboxylic acids is 1. The first kappa shape index (κ1) is 13.0. The van der Waals surface area contributed by atoms with Crippen LogP contribution >= 0.6 is 0 Å². The van der Waals surface area contributed by atoms with E-state index in [9.17, 15) is 14.4 Å². The third-order valence-electron chi connectivity index (χ3n) is 6.04. The predicted octanol–water partition coefficient (Wildman–Crippen LogP) is 1.94. The van der Waals surface area contributed by atoms with Crippen molar-refractivity contribution in [2.24, 2.45) is 35.5 Å². The first-order valence-corrected chi connectivity index (χ1v) is 7.97. The second-order valence-corrected chi connectivity index (χ2v) is 7.02. The zero-order valence-electron chi connectivity index (χ0n) is 12.3. The molecule has 0 aromatic heterocycles. The van der Waals surface area contributed by atoms with Crippen molar-refractivity contribution in [3.8, 4) is 0 Å². The van der Waals surface area contributed by atoms with Crippen LogP contribution in [-0.4, -0.2) is 22.9 Å². The number of imide groups is 1. The van der Waals surface area contributed by atoms with Gasteiger partial charge in [-0.25, -0.2) is 4.79 Å². The van der Waals surface area contributed by atoms with Crippen molar-refractivity contribution in [1.29, 1.82) is 0 Å². The van der Waals surface area contributed by atoms with E-state index in [1.165, 1.54) is 17.0 Å². The van der Waals surface area contributed by atoms with Gasteiger partial charge in [0.15, 0.2) is 0 Å². The number of rotatable bonds is 2. The number of anilines is 1. The largest absolute Gasteiger partial charge is 0.478 e. The van der Waals surface area contributed by atoms with E-state index in [0.29, 0.717) is 17.5 Å². The van der Waals surface area contributed by atoms with Crippen LogP contribution in [0.5, 0.6) is 0 Å². The molecule has 1 aromatic carbocycles. The lowest BCUT2D eigenvalue weighted by atomic mass is 9.63. The fraction of sp³-hybridized carbons (Fsp3) is 0.389. The molecule has 0 spiro atoms. The normalized spacial score (nSPS) is 39.4. The molecule has 2 bridgehead atoms. The molecular weight excluding hydrogens is 294 g/mol. The maximum absolute atomic E-state index is 12.9. The van der Waals surface area contributed by atoms with Crippen LogP contribution in [0.25, 0.3) is 0 Å². The first-order valence-electron chi connectivity index (χ1n) is 7.97. The third kappa shape index (κ3) is 1.54. The molecule has 5 heteroatoms. The Kier molecular flexibility index (Phi) is 2.33. The van der Waals surface area contributed by atoms with Gasteiger partial charge in [-0.2, -0.15) is 0 Å². The summed E-state index contributed by atoms with van der Waals surface area (Å²) in [7, 11) is 0. The number of carbonyl (C=O) groups excluding carboxylic acids is 2. The highest BCUT2D eigenvalue weighted by Gasteiger charge is 2.67. The number of benzene rings is 1. The Labute approximate surface area is 132 Å². The Morgan fingerprint density at radius 1 is 0.957 bits per heavy atom. The molecule has 5 aliphatic rings. The number of carboxylic acid groups (broad SMARTS) is 1. The van der Waals surface area contributed by atoms with E-state index in [4.69, 9.17) is 5.11 Å². The molecule has 1 aromatic rings. The van der Waals surface area contributed by atoms with Gasteiger partial charge < -0.3 is 5.11 Å². The van der Waals surface area contributed by atoms with Crippen molar-refractivity contribution in [3.05, 3.63) is 42.0 Å². The SMILES string of the molecule is O=C(O)c1ccc(N2C(=O)[C@H]3[C@@H]4C=C[C@H]([C@@H]5C[C@H]45)[C@@H]3C2=O)cc1. The fourth-order valence-corrected chi connectivity index (χ4v) is 4.96. The molecular formula is C18H15NO4. The standard InChI is InChI=1S/C18H15NO4/c20-16-14-10-5-6-11(13-7-12(10)13)15(14)17(21)19(16)9-3-1-8(2-4-9)18(22)23/h1-6,10-15H,7H2,(H,22,23)/t10-,11-,12-,13+,14+,15+/m1/s1. The van der Waals surface area contributed by atoms with E-state index in [2.05, 4.69) is 12.2 Å². The minimum atomic E-state index is -1.02. The second-order valence-electron chi connectivity index (χ2n) is 7.02. The first-order chi connectivity index (χ1) is 11.1. The summed E-state index contributed by atoms with van der Waals surface area (Å²) in [6, 6.07) is 5.97. The molecule has 5 nitrogen and oxygen atoms in total. The molecule has 2 saturated carbocycles. The lowest BCUT2D eigenvalue weighted by Crippen LogP contribution is -2.40. The van der Waals surface area contributed by atoms with Crippen molar-refractivity contribution in [3.63, 3.8) is 0 Å². The number of hydrogen-bond donors (Lipinski definition) is 1. The zero-order valence-corrected chi connectivity index (χ0v) is 12.3. The summed E-state index contributed by atoms with van der Waals surface area (Å²) < 4.78 is 0. The molecule has 116 valence electrons. The Morgan fingerprint density at radius 2 is 1.48 bits per heavy atom. The number of nitrogens with zero attached hydrogens (tertiary/aromatic N) is 1. The van der Waals surface area contributed by atoms with Gasteiger partial charge in [0, 0.05) is 0 Å². The monoisotopic (exact) mass is 309 g/mol. The van der Waals surface area contributed by atoms with Gasteiger partial charge in [0.05, 0.1) is 23.1 Å². The number of hydrogen-bond acceptors (Lipinski definition) is 3. The van der Waals surface area contributed by atoms with Gasteiger partial charge >= 0.3 is 5.97 Å². The highest BCUT2D eigenvalue weighted by atomic mass is 16.4. The molecule has 0 unspecified atom stereocenters. The molecule has 1 heterocycles. The third-order valence-corrected chi connectivity index (χ3v) is 6.04. The van der Waals surface area contributed by atoms with E-state index in [-0.39, 0.29) is 41.0 Å². The summed E-state index contributed by atoms with van der Waals surface area (Å²) in [5, 5.41) is 8.97. The fourth-order valence-electron chi connectivity index (χ4n) is 4.96.